The van der Waals surface area contributed by atoms with Crippen molar-refractivity contribution in [2.75, 3.05) is 5.32 Å². The molecule has 0 bridgehead atoms. The number of hydrogen-bond donors (Lipinski definition) is 1. The van der Waals surface area contributed by atoms with Gasteiger partial charge in [0.25, 0.3) is 0 Å². The Balaban J connectivity index is 1.36. The minimum atomic E-state index is -0.390. The summed E-state index contributed by atoms with van der Waals surface area (Å²) in [5.74, 6) is -0.517. The Kier molecular flexibility index (Phi) is 5.86. The molecule has 0 aliphatic rings. The lowest BCUT2D eigenvalue weighted by atomic mass is 10.1. The maximum atomic E-state index is 12.5. The van der Waals surface area contributed by atoms with Gasteiger partial charge in [-0.2, -0.15) is 0 Å². The fourth-order valence-electron chi connectivity index (χ4n) is 3.16. The van der Waals surface area contributed by atoms with Gasteiger partial charge in [-0.3, -0.25) is 4.79 Å². The zero-order valence-corrected chi connectivity index (χ0v) is 17.2. The molecule has 5 nitrogen and oxygen atoms in total. The average molecular weight is 417 g/mol. The van der Waals surface area contributed by atoms with Crippen molar-refractivity contribution in [3.05, 3.63) is 93.9 Å². The number of anilines is 1. The summed E-state index contributed by atoms with van der Waals surface area (Å²) in [6.07, 6.45) is 0.177. The van der Waals surface area contributed by atoms with E-state index in [9.17, 15) is 9.59 Å². The van der Waals surface area contributed by atoms with E-state index in [1.165, 1.54) is 11.3 Å². The molecular formula is C24H20N2O3S. The number of aryl methyl sites for hydroxylation is 1. The largest absolute Gasteiger partial charge is 0.456 e. The van der Waals surface area contributed by atoms with Crippen LogP contribution in [0.5, 0.6) is 0 Å². The molecule has 4 rings (SSSR count). The van der Waals surface area contributed by atoms with Crippen LogP contribution in [-0.4, -0.2) is 16.9 Å². The highest BCUT2D eigenvalue weighted by Gasteiger charge is 2.13. The van der Waals surface area contributed by atoms with E-state index >= 15 is 0 Å². The number of aromatic nitrogens is 1. The number of amides is 1. The van der Waals surface area contributed by atoms with Gasteiger partial charge in [-0.15, -0.1) is 11.3 Å². The molecule has 1 aromatic heterocycles. The normalized spacial score (nSPS) is 10.7. The van der Waals surface area contributed by atoms with Crippen LogP contribution in [0.15, 0.2) is 72.1 Å². The standard InChI is InChI=1S/C24H20N2O3S/c1-16-7-2-5-12-21(16)26-22(27)13-23-25-18(15-30-23)14-29-24(28)20-11-6-9-17-8-3-4-10-19(17)20/h2-12,15H,13-14H2,1H3,(H,26,27). The summed E-state index contributed by atoms with van der Waals surface area (Å²) in [6, 6.07) is 20.9. The Morgan fingerprint density at radius 2 is 1.77 bits per heavy atom. The third kappa shape index (κ3) is 4.55. The van der Waals surface area contributed by atoms with E-state index < -0.39 is 5.97 Å². The van der Waals surface area contributed by atoms with Gasteiger partial charge in [-0.05, 0) is 35.4 Å². The maximum Gasteiger partial charge on any atom is 0.339 e. The minimum Gasteiger partial charge on any atom is -0.456 e. The van der Waals surface area contributed by atoms with Crippen molar-refractivity contribution in [2.45, 2.75) is 20.0 Å². The lowest BCUT2D eigenvalue weighted by molar-refractivity contribution is -0.115. The predicted molar refractivity (Wildman–Crippen MR) is 119 cm³/mol. The summed E-state index contributed by atoms with van der Waals surface area (Å²) in [5.41, 5.74) is 2.96. The molecule has 150 valence electrons. The molecule has 0 fully saturated rings. The molecule has 0 unspecified atom stereocenters. The van der Waals surface area contributed by atoms with Gasteiger partial charge in [0.15, 0.2) is 0 Å². The fourth-order valence-corrected chi connectivity index (χ4v) is 3.94. The van der Waals surface area contributed by atoms with Gasteiger partial charge in [0.1, 0.15) is 11.6 Å². The SMILES string of the molecule is Cc1ccccc1NC(=O)Cc1nc(COC(=O)c2cccc3ccccc23)cs1. The number of nitrogens with zero attached hydrogens (tertiary/aromatic N) is 1. The van der Waals surface area contributed by atoms with Crippen LogP contribution in [0.4, 0.5) is 5.69 Å². The molecule has 1 N–H and O–H groups in total. The van der Waals surface area contributed by atoms with Gasteiger partial charge in [0, 0.05) is 11.1 Å². The second-order valence-electron chi connectivity index (χ2n) is 6.88. The molecule has 0 saturated carbocycles. The number of fused-ring (bicyclic) bond motifs is 1. The Morgan fingerprint density at radius 1 is 1.00 bits per heavy atom. The second kappa shape index (κ2) is 8.88. The van der Waals surface area contributed by atoms with E-state index in [4.69, 9.17) is 4.74 Å². The van der Waals surface area contributed by atoms with E-state index in [2.05, 4.69) is 10.3 Å². The number of esters is 1. The zero-order chi connectivity index (χ0) is 20.9. The Labute approximate surface area is 178 Å². The van der Waals surface area contributed by atoms with Crippen molar-refractivity contribution >= 4 is 39.7 Å². The van der Waals surface area contributed by atoms with Gasteiger partial charge in [-0.1, -0.05) is 54.6 Å². The number of ether oxygens (including phenoxy) is 1. The van der Waals surface area contributed by atoms with Crippen LogP contribution in [0.25, 0.3) is 10.8 Å². The highest BCUT2D eigenvalue weighted by atomic mass is 32.1. The Hall–Kier alpha value is -3.51. The second-order valence-corrected chi connectivity index (χ2v) is 7.82. The minimum absolute atomic E-state index is 0.0674. The number of para-hydroxylation sites is 1. The molecule has 30 heavy (non-hydrogen) atoms. The van der Waals surface area contributed by atoms with E-state index in [1.807, 2.05) is 73.0 Å². The summed E-state index contributed by atoms with van der Waals surface area (Å²) in [7, 11) is 0. The third-order valence-electron chi connectivity index (χ3n) is 4.69. The molecule has 0 spiro atoms. The number of thiazole rings is 1. The lowest BCUT2D eigenvalue weighted by Gasteiger charge is -2.07. The van der Waals surface area contributed by atoms with Crippen LogP contribution in [0.2, 0.25) is 0 Å². The highest BCUT2D eigenvalue weighted by Crippen LogP contribution is 2.20. The van der Waals surface area contributed by atoms with Crippen molar-refractivity contribution in [1.29, 1.82) is 0 Å². The molecule has 0 saturated heterocycles. The first-order valence-electron chi connectivity index (χ1n) is 9.54. The van der Waals surface area contributed by atoms with Crippen LogP contribution in [-0.2, 0) is 22.6 Å². The number of rotatable bonds is 6. The predicted octanol–water partition coefficient (Wildman–Crippen LogP) is 5.14. The molecule has 6 heteroatoms. The first kappa shape index (κ1) is 19.8. The fraction of sp³-hybridized carbons (Fsp3) is 0.125. The summed E-state index contributed by atoms with van der Waals surface area (Å²) in [4.78, 5) is 29.3. The Bertz CT molecular complexity index is 1210. The number of benzene rings is 3. The topological polar surface area (TPSA) is 68.3 Å². The summed E-state index contributed by atoms with van der Waals surface area (Å²) < 4.78 is 5.46. The van der Waals surface area contributed by atoms with Gasteiger partial charge >= 0.3 is 5.97 Å². The number of carbonyl (C=O) groups is 2. The van der Waals surface area contributed by atoms with E-state index in [-0.39, 0.29) is 18.9 Å². The van der Waals surface area contributed by atoms with Crippen molar-refractivity contribution in [3.63, 3.8) is 0 Å². The van der Waals surface area contributed by atoms with Crippen molar-refractivity contribution in [3.8, 4) is 0 Å². The number of carbonyl (C=O) groups excluding carboxylic acids is 2. The van der Waals surface area contributed by atoms with Crippen LogP contribution >= 0.6 is 11.3 Å². The van der Waals surface area contributed by atoms with Crippen LogP contribution in [0, 0.1) is 6.92 Å². The first-order valence-corrected chi connectivity index (χ1v) is 10.4. The van der Waals surface area contributed by atoms with Crippen LogP contribution in [0.3, 0.4) is 0 Å². The lowest BCUT2D eigenvalue weighted by Crippen LogP contribution is -2.15. The first-order chi connectivity index (χ1) is 14.6. The number of hydrogen-bond acceptors (Lipinski definition) is 5. The molecule has 1 heterocycles. The quantitative estimate of drug-likeness (QED) is 0.442. The molecule has 0 radical (unpaired) electrons. The van der Waals surface area contributed by atoms with Crippen molar-refractivity contribution < 1.29 is 14.3 Å². The highest BCUT2D eigenvalue weighted by molar-refractivity contribution is 7.09. The summed E-state index contributed by atoms with van der Waals surface area (Å²) in [6.45, 7) is 2.01. The summed E-state index contributed by atoms with van der Waals surface area (Å²) >= 11 is 1.38. The third-order valence-corrected chi connectivity index (χ3v) is 5.59. The molecule has 0 aliphatic carbocycles. The van der Waals surface area contributed by atoms with E-state index in [0.717, 1.165) is 22.0 Å². The zero-order valence-electron chi connectivity index (χ0n) is 16.4. The Morgan fingerprint density at radius 3 is 2.63 bits per heavy atom. The van der Waals surface area contributed by atoms with E-state index in [0.29, 0.717) is 16.3 Å². The van der Waals surface area contributed by atoms with E-state index in [1.54, 1.807) is 6.07 Å². The molecular weight excluding hydrogens is 396 g/mol. The molecule has 4 aromatic rings. The van der Waals surface area contributed by atoms with Gasteiger partial charge in [0.2, 0.25) is 5.91 Å². The van der Waals surface area contributed by atoms with Gasteiger partial charge in [0.05, 0.1) is 17.7 Å². The van der Waals surface area contributed by atoms with Crippen molar-refractivity contribution in [1.82, 2.24) is 4.98 Å². The molecule has 0 atom stereocenters. The number of nitrogens with one attached hydrogen (secondary N) is 1. The van der Waals surface area contributed by atoms with Crippen molar-refractivity contribution in [2.24, 2.45) is 0 Å². The maximum absolute atomic E-state index is 12.5. The summed E-state index contributed by atoms with van der Waals surface area (Å²) in [5, 5.41) is 7.24. The average Bonchev–Trinajstić information content (AvgIpc) is 3.20. The van der Waals surface area contributed by atoms with Gasteiger partial charge in [-0.25, -0.2) is 9.78 Å². The van der Waals surface area contributed by atoms with Crippen LogP contribution in [0.1, 0.15) is 26.6 Å². The van der Waals surface area contributed by atoms with Gasteiger partial charge < -0.3 is 10.1 Å². The molecule has 1 amide bonds. The van der Waals surface area contributed by atoms with Crippen LogP contribution < -0.4 is 5.32 Å². The molecule has 3 aromatic carbocycles. The monoisotopic (exact) mass is 416 g/mol. The molecule has 0 aliphatic heterocycles. The smallest absolute Gasteiger partial charge is 0.339 e.